The number of carbonyl (C=O) groups is 2. The number of halogens is 6. The van der Waals surface area contributed by atoms with Crippen LogP contribution in [-0.2, 0) is 17.1 Å². The molecule has 4 rings (SSSR count). The molecule has 40 heavy (non-hydrogen) atoms. The third-order valence-electron chi connectivity index (χ3n) is 6.73. The van der Waals surface area contributed by atoms with Gasteiger partial charge in [-0.15, -0.1) is 11.3 Å². The van der Waals surface area contributed by atoms with E-state index >= 15 is 0 Å². The highest BCUT2D eigenvalue weighted by Gasteiger charge is 2.41. The second-order valence-corrected chi connectivity index (χ2v) is 10.7. The lowest BCUT2D eigenvalue weighted by Crippen LogP contribution is -2.48. The van der Waals surface area contributed by atoms with E-state index in [4.69, 9.17) is 0 Å². The van der Waals surface area contributed by atoms with Crippen LogP contribution >= 0.6 is 11.3 Å². The molecule has 1 aliphatic carbocycles. The SMILES string of the molecule is Cc1nc(C(F)(F)F)c(C(=O)N[C@H](C(=O)Nc2ccc(-c3c(C(F)(F)F)cc[n+]([O-])c3C)cc2)C2CCCC2)s1. The van der Waals surface area contributed by atoms with Gasteiger partial charge in [-0.25, -0.2) is 4.98 Å². The van der Waals surface area contributed by atoms with Crippen molar-refractivity contribution in [3.05, 3.63) is 68.6 Å². The van der Waals surface area contributed by atoms with Crippen molar-refractivity contribution in [2.24, 2.45) is 5.92 Å². The molecular weight excluding hydrogens is 562 g/mol. The second-order valence-electron chi connectivity index (χ2n) is 9.48. The zero-order chi connectivity index (χ0) is 29.4. The Balaban J connectivity index is 1.58. The Kier molecular flexibility index (Phi) is 8.11. The molecule has 1 atom stereocenters. The second kappa shape index (κ2) is 11.1. The Morgan fingerprint density at radius 2 is 1.65 bits per heavy atom. The first-order chi connectivity index (χ1) is 18.7. The van der Waals surface area contributed by atoms with Gasteiger partial charge >= 0.3 is 12.4 Å². The molecule has 2 aromatic heterocycles. The fraction of sp³-hybridized carbons (Fsp3) is 0.385. The van der Waals surface area contributed by atoms with Gasteiger partial charge in [0.25, 0.3) is 5.91 Å². The third kappa shape index (κ3) is 6.21. The number of aryl methyl sites for hydroxylation is 1. The van der Waals surface area contributed by atoms with Crippen LogP contribution in [0.25, 0.3) is 11.1 Å². The predicted molar refractivity (Wildman–Crippen MR) is 134 cm³/mol. The Labute approximate surface area is 228 Å². The Hall–Kier alpha value is -3.68. The van der Waals surface area contributed by atoms with E-state index in [2.05, 4.69) is 15.6 Å². The van der Waals surface area contributed by atoms with E-state index in [1.807, 2.05) is 0 Å². The number of thiazole rings is 1. The maximum Gasteiger partial charge on any atom is 0.435 e. The molecule has 2 heterocycles. The third-order valence-corrected chi connectivity index (χ3v) is 7.70. The summed E-state index contributed by atoms with van der Waals surface area (Å²) in [4.78, 5) is 28.9. The molecule has 1 fully saturated rings. The highest BCUT2D eigenvalue weighted by Crippen LogP contribution is 2.38. The first kappa shape index (κ1) is 29.3. The fourth-order valence-electron chi connectivity index (χ4n) is 4.85. The average molecular weight is 587 g/mol. The summed E-state index contributed by atoms with van der Waals surface area (Å²) < 4.78 is 81.3. The molecule has 214 valence electrons. The van der Waals surface area contributed by atoms with Gasteiger partial charge in [-0.3, -0.25) is 9.59 Å². The number of anilines is 1. The number of hydrogen-bond donors (Lipinski definition) is 2. The molecule has 7 nitrogen and oxygen atoms in total. The fourth-order valence-corrected chi connectivity index (χ4v) is 5.69. The number of hydrogen-bond acceptors (Lipinski definition) is 5. The number of carbonyl (C=O) groups excluding carboxylic acids is 2. The number of alkyl halides is 6. The van der Waals surface area contributed by atoms with E-state index in [0.717, 1.165) is 19.0 Å². The van der Waals surface area contributed by atoms with E-state index in [1.165, 1.54) is 38.1 Å². The summed E-state index contributed by atoms with van der Waals surface area (Å²) in [5.74, 6) is -2.06. The monoisotopic (exact) mass is 586 g/mol. The van der Waals surface area contributed by atoms with E-state index in [1.54, 1.807) is 0 Å². The lowest BCUT2D eigenvalue weighted by Gasteiger charge is -2.24. The van der Waals surface area contributed by atoms with Crippen molar-refractivity contribution >= 4 is 28.8 Å². The topological polar surface area (TPSA) is 98.0 Å². The zero-order valence-electron chi connectivity index (χ0n) is 21.2. The first-order valence-corrected chi connectivity index (χ1v) is 13.0. The summed E-state index contributed by atoms with van der Waals surface area (Å²) in [6.07, 6.45) is -6.07. The number of pyridine rings is 1. The van der Waals surface area contributed by atoms with Gasteiger partial charge in [-0.2, -0.15) is 31.1 Å². The van der Waals surface area contributed by atoms with E-state index < -0.39 is 46.3 Å². The molecule has 0 radical (unpaired) electrons. The summed E-state index contributed by atoms with van der Waals surface area (Å²) in [5.41, 5.74) is -2.50. The maximum absolute atomic E-state index is 13.6. The molecule has 0 unspecified atom stereocenters. The van der Waals surface area contributed by atoms with Crippen LogP contribution in [0.3, 0.4) is 0 Å². The van der Waals surface area contributed by atoms with E-state index in [9.17, 15) is 41.1 Å². The van der Waals surface area contributed by atoms with Crippen molar-refractivity contribution in [2.75, 3.05) is 5.32 Å². The molecule has 3 aromatic rings. The highest BCUT2D eigenvalue weighted by molar-refractivity contribution is 7.13. The molecule has 1 aliphatic rings. The van der Waals surface area contributed by atoms with Crippen LogP contribution < -0.4 is 15.4 Å². The standard InChI is InChI=1S/C26H24F6N4O3S/c1-13-19(18(25(27,28)29)11-12-36(13)39)15-7-9-17(10-8-15)34-23(37)20(16-5-3-4-6-16)35-24(38)21-22(26(30,31)32)33-14(2)40-21/h7-12,16,20H,3-6H2,1-2H3,(H,34,37)(H,35,38)/t20-/m0/s1. The average Bonchev–Trinajstić information content (AvgIpc) is 3.54. The molecule has 1 aromatic carbocycles. The molecule has 0 spiro atoms. The molecule has 14 heteroatoms. The Morgan fingerprint density at radius 1 is 1.02 bits per heavy atom. The van der Waals surface area contributed by atoms with Crippen molar-refractivity contribution in [2.45, 2.75) is 57.9 Å². The van der Waals surface area contributed by atoms with Crippen molar-refractivity contribution in [1.82, 2.24) is 10.3 Å². The lowest BCUT2D eigenvalue weighted by molar-refractivity contribution is -0.611. The van der Waals surface area contributed by atoms with Crippen LogP contribution in [0.15, 0.2) is 36.5 Å². The molecular formula is C26H24F6N4O3S. The smallest absolute Gasteiger partial charge is 0.435 e. The molecule has 0 bridgehead atoms. The minimum absolute atomic E-state index is 0.0456. The van der Waals surface area contributed by atoms with Crippen LogP contribution in [0, 0.1) is 25.0 Å². The number of aromatic nitrogens is 2. The van der Waals surface area contributed by atoms with Crippen LogP contribution in [0.5, 0.6) is 0 Å². The highest BCUT2D eigenvalue weighted by atomic mass is 32.1. The molecule has 0 aliphatic heterocycles. The van der Waals surface area contributed by atoms with Gasteiger partial charge in [0, 0.05) is 18.7 Å². The van der Waals surface area contributed by atoms with Gasteiger partial charge < -0.3 is 15.8 Å². The number of benzene rings is 1. The van der Waals surface area contributed by atoms with Gasteiger partial charge in [0.2, 0.25) is 5.91 Å². The lowest BCUT2D eigenvalue weighted by atomic mass is 9.96. The van der Waals surface area contributed by atoms with Gasteiger partial charge in [0.15, 0.2) is 17.6 Å². The van der Waals surface area contributed by atoms with E-state index in [-0.39, 0.29) is 33.4 Å². The van der Waals surface area contributed by atoms with Crippen molar-refractivity contribution in [1.29, 1.82) is 0 Å². The number of amides is 2. The van der Waals surface area contributed by atoms with Crippen molar-refractivity contribution in [3.63, 3.8) is 0 Å². The van der Waals surface area contributed by atoms with Crippen LogP contribution in [-0.4, -0.2) is 22.8 Å². The Bertz CT molecular complexity index is 1410. The minimum Gasteiger partial charge on any atom is -0.618 e. The number of nitrogens with one attached hydrogen (secondary N) is 2. The zero-order valence-corrected chi connectivity index (χ0v) is 22.1. The Morgan fingerprint density at radius 3 is 2.23 bits per heavy atom. The van der Waals surface area contributed by atoms with Gasteiger partial charge in [0.1, 0.15) is 10.9 Å². The molecule has 2 amide bonds. The summed E-state index contributed by atoms with van der Waals surface area (Å²) >= 11 is 0.575. The summed E-state index contributed by atoms with van der Waals surface area (Å²) in [6, 6.07) is 4.85. The predicted octanol–water partition coefficient (Wildman–Crippen LogP) is 6.03. The summed E-state index contributed by atoms with van der Waals surface area (Å²) in [5, 5.41) is 17.1. The van der Waals surface area contributed by atoms with Crippen molar-refractivity contribution < 1.29 is 40.7 Å². The maximum atomic E-state index is 13.6. The van der Waals surface area contributed by atoms with Crippen LogP contribution in [0.1, 0.15) is 57.3 Å². The molecule has 1 saturated carbocycles. The normalized spacial score (nSPS) is 15.2. The molecule has 2 N–H and O–H groups in total. The summed E-state index contributed by atoms with van der Waals surface area (Å²) in [6.45, 7) is 2.60. The van der Waals surface area contributed by atoms with Gasteiger partial charge in [0.05, 0.1) is 16.1 Å². The number of rotatable bonds is 6. The van der Waals surface area contributed by atoms with Gasteiger partial charge in [-0.1, -0.05) is 25.0 Å². The minimum atomic E-state index is -4.85. The largest absolute Gasteiger partial charge is 0.618 e. The summed E-state index contributed by atoms with van der Waals surface area (Å²) in [7, 11) is 0. The molecule has 0 saturated heterocycles. The van der Waals surface area contributed by atoms with Crippen molar-refractivity contribution in [3.8, 4) is 11.1 Å². The van der Waals surface area contributed by atoms with Crippen LogP contribution in [0.2, 0.25) is 0 Å². The van der Waals surface area contributed by atoms with Crippen LogP contribution in [0.4, 0.5) is 32.0 Å². The number of nitrogens with zero attached hydrogens (tertiary/aromatic N) is 2. The van der Waals surface area contributed by atoms with E-state index in [0.29, 0.717) is 35.0 Å². The first-order valence-electron chi connectivity index (χ1n) is 12.2. The van der Waals surface area contributed by atoms with Gasteiger partial charge in [-0.05, 0) is 43.4 Å². The quantitative estimate of drug-likeness (QED) is 0.210.